The van der Waals surface area contributed by atoms with Crippen molar-refractivity contribution in [2.45, 2.75) is 45.2 Å². The summed E-state index contributed by atoms with van der Waals surface area (Å²) in [5, 5.41) is 9.80. The summed E-state index contributed by atoms with van der Waals surface area (Å²) < 4.78 is 2.16. The van der Waals surface area contributed by atoms with Crippen molar-refractivity contribution in [3.63, 3.8) is 0 Å². The summed E-state index contributed by atoms with van der Waals surface area (Å²) in [6.07, 6.45) is 6.45. The predicted molar refractivity (Wildman–Crippen MR) is 87.3 cm³/mol. The summed E-state index contributed by atoms with van der Waals surface area (Å²) >= 11 is 0. The van der Waals surface area contributed by atoms with Crippen molar-refractivity contribution in [1.29, 1.82) is 0 Å². The molecular formula is C17H27N3O2. The summed E-state index contributed by atoms with van der Waals surface area (Å²) in [5.74, 6) is -0.119. The van der Waals surface area contributed by atoms with E-state index in [1.165, 1.54) is 12.8 Å². The van der Waals surface area contributed by atoms with Crippen LogP contribution in [0, 0.1) is 0 Å². The minimum Gasteiger partial charge on any atom is -0.503 e. The van der Waals surface area contributed by atoms with Crippen molar-refractivity contribution in [2.75, 3.05) is 32.7 Å². The Kier molecular flexibility index (Phi) is 4.84. The molecule has 5 heteroatoms. The number of hydrogen-bond donors (Lipinski definition) is 1. The Morgan fingerprint density at radius 3 is 2.41 bits per heavy atom. The fourth-order valence-electron chi connectivity index (χ4n) is 3.72. The van der Waals surface area contributed by atoms with Gasteiger partial charge in [-0.3, -0.25) is 9.69 Å². The summed E-state index contributed by atoms with van der Waals surface area (Å²) in [4.78, 5) is 16.7. The highest BCUT2D eigenvalue weighted by atomic mass is 16.3. The third-order valence-electron chi connectivity index (χ3n) is 5.16. The topological polar surface area (TPSA) is 48.7 Å². The number of rotatable bonds is 4. The Labute approximate surface area is 132 Å². The lowest BCUT2D eigenvalue weighted by molar-refractivity contribution is 0.129. The number of likely N-dealkylation sites (N-methyl/N-ethyl adjacent to an activating group) is 1. The first-order chi connectivity index (χ1) is 10.7. The van der Waals surface area contributed by atoms with E-state index < -0.39 is 0 Å². The van der Waals surface area contributed by atoms with Crippen molar-refractivity contribution in [2.24, 2.45) is 0 Å². The highest BCUT2D eigenvalue weighted by Gasteiger charge is 2.22. The molecule has 1 aromatic rings. The third kappa shape index (κ3) is 3.36. The zero-order chi connectivity index (χ0) is 15.5. The minimum atomic E-state index is -0.253. The van der Waals surface area contributed by atoms with Gasteiger partial charge < -0.3 is 14.6 Å². The molecule has 3 rings (SSSR count). The monoisotopic (exact) mass is 305 g/mol. The van der Waals surface area contributed by atoms with Crippen LogP contribution in [0.25, 0.3) is 0 Å². The lowest BCUT2D eigenvalue weighted by atomic mass is 10.2. The van der Waals surface area contributed by atoms with E-state index in [0.717, 1.165) is 57.8 Å². The van der Waals surface area contributed by atoms with E-state index >= 15 is 0 Å². The van der Waals surface area contributed by atoms with E-state index in [9.17, 15) is 9.90 Å². The maximum atomic E-state index is 11.9. The summed E-state index contributed by atoms with van der Waals surface area (Å²) in [7, 11) is 0. The Balaban J connectivity index is 1.77. The van der Waals surface area contributed by atoms with Crippen LogP contribution in [0.4, 0.5) is 0 Å². The van der Waals surface area contributed by atoms with Gasteiger partial charge >= 0.3 is 0 Å². The molecule has 2 aliphatic rings. The van der Waals surface area contributed by atoms with E-state index in [2.05, 4.69) is 21.3 Å². The molecule has 0 bridgehead atoms. The van der Waals surface area contributed by atoms with Crippen molar-refractivity contribution in [1.82, 2.24) is 14.4 Å². The van der Waals surface area contributed by atoms with Crippen LogP contribution in [0.2, 0.25) is 0 Å². The van der Waals surface area contributed by atoms with E-state index in [-0.39, 0.29) is 11.2 Å². The zero-order valence-electron chi connectivity index (χ0n) is 13.5. The fraction of sp³-hybridized carbons (Fsp3) is 0.706. The summed E-state index contributed by atoms with van der Waals surface area (Å²) in [6.45, 7) is 8.42. The zero-order valence-corrected chi connectivity index (χ0v) is 13.5. The number of hydrogen-bond acceptors (Lipinski definition) is 4. The average Bonchev–Trinajstić information content (AvgIpc) is 3.05. The molecule has 1 N–H and O–H groups in total. The second-order valence-corrected chi connectivity index (χ2v) is 6.57. The molecule has 0 aromatic carbocycles. The van der Waals surface area contributed by atoms with Gasteiger partial charge in [-0.25, -0.2) is 0 Å². The molecule has 2 fully saturated rings. The Morgan fingerprint density at radius 1 is 1.14 bits per heavy atom. The van der Waals surface area contributed by atoms with Gasteiger partial charge in [0.2, 0.25) is 5.43 Å². The number of aromatic hydroxyl groups is 1. The second-order valence-electron chi connectivity index (χ2n) is 6.57. The van der Waals surface area contributed by atoms with Crippen LogP contribution in [0.1, 0.15) is 44.3 Å². The van der Waals surface area contributed by atoms with Crippen molar-refractivity contribution >= 4 is 0 Å². The number of nitrogens with zero attached hydrogens (tertiary/aromatic N) is 3. The van der Waals surface area contributed by atoms with Gasteiger partial charge in [0.25, 0.3) is 0 Å². The van der Waals surface area contributed by atoms with Crippen LogP contribution in [0.5, 0.6) is 5.75 Å². The quantitative estimate of drug-likeness (QED) is 0.921. The Morgan fingerprint density at radius 2 is 1.77 bits per heavy atom. The van der Waals surface area contributed by atoms with Gasteiger partial charge in [0.05, 0.1) is 6.20 Å². The van der Waals surface area contributed by atoms with Crippen LogP contribution >= 0.6 is 0 Å². The highest BCUT2D eigenvalue weighted by molar-refractivity contribution is 5.21. The van der Waals surface area contributed by atoms with E-state index in [1.807, 2.05) is 0 Å². The second kappa shape index (κ2) is 6.84. The van der Waals surface area contributed by atoms with Crippen molar-refractivity contribution in [3.8, 4) is 5.75 Å². The van der Waals surface area contributed by atoms with Gasteiger partial charge in [-0.2, -0.15) is 0 Å². The van der Waals surface area contributed by atoms with Crippen LogP contribution in [0.3, 0.4) is 0 Å². The Bertz CT molecular complexity index is 556. The lowest BCUT2D eigenvalue weighted by Crippen LogP contribution is -2.46. The average molecular weight is 305 g/mol. The van der Waals surface area contributed by atoms with Crippen LogP contribution in [-0.4, -0.2) is 52.2 Å². The molecule has 0 spiro atoms. The van der Waals surface area contributed by atoms with Crippen molar-refractivity contribution in [3.05, 3.63) is 28.2 Å². The van der Waals surface area contributed by atoms with Gasteiger partial charge in [0.1, 0.15) is 0 Å². The first-order valence-electron chi connectivity index (χ1n) is 8.56. The Hall–Kier alpha value is -1.33. The van der Waals surface area contributed by atoms with E-state index in [4.69, 9.17) is 0 Å². The predicted octanol–water partition coefficient (Wildman–Crippen LogP) is 1.81. The molecule has 2 heterocycles. The molecule has 1 saturated heterocycles. The largest absolute Gasteiger partial charge is 0.503 e. The molecule has 0 atom stereocenters. The molecule has 0 amide bonds. The molecule has 1 saturated carbocycles. The fourth-order valence-corrected chi connectivity index (χ4v) is 3.72. The first-order valence-corrected chi connectivity index (χ1v) is 8.56. The number of aromatic nitrogens is 1. The van der Waals surface area contributed by atoms with E-state index in [1.54, 1.807) is 12.3 Å². The number of pyridine rings is 1. The van der Waals surface area contributed by atoms with Gasteiger partial charge in [-0.15, -0.1) is 0 Å². The van der Waals surface area contributed by atoms with Crippen LogP contribution in [0.15, 0.2) is 17.1 Å². The van der Waals surface area contributed by atoms with Crippen LogP contribution in [-0.2, 0) is 6.54 Å². The standard InChI is InChI=1S/C17H27N3O2/c1-2-18-7-9-19(10-8-18)12-15-11-16(21)17(22)13-20(15)14-5-3-4-6-14/h11,13-14,22H,2-10,12H2,1H3. The third-order valence-corrected chi connectivity index (χ3v) is 5.16. The van der Waals surface area contributed by atoms with Gasteiger partial charge in [-0.1, -0.05) is 19.8 Å². The maximum absolute atomic E-state index is 11.9. The smallest absolute Gasteiger partial charge is 0.223 e. The van der Waals surface area contributed by atoms with Crippen LogP contribution < -0.4 is 5.43 Å². The van der Waals surface area contributed by atoms with Gasteiger partial charge in [0.15, 0.2) is 5.75 Å². The minimum absolute atomic E-state index is 0.119. The SMILES string of the molecule is CCN1CCN(Cc2cc(=O)c(O)cn2C2CCCC2)CC1. The van der Waals surface area contributed by atoms with Gasteiger partial charge in [0, 0.05) is 50.5 Å². The molecule has 1 aliphatic carbocycles. The molecule has 1 aliphatic heterocycles. The maximum Gasteiger partial charge on any atom is 0.223 e. The summed E-state index contributed by atoms with van der Waals surface area (Å²) in [6, 6.07) is 2.08. The normalized spacial score (nSPS) is 21.5. The molecule has 5 nitrogen and oxygen atoms in total. The van der Waals surface area contributed by atoms with E-state index in [0.29, 0.717) is 6.04 Å². The van der Waals surface area contributed by atoms with Crippen molar-refractivity contribution < 1.29 is 5.11 Å². The first kappa shape index (κ1) is 15.6. The molecule has 0 unspecified atom stereocenters. The molecule has 122 valence electrons. The lowest BCUT2D eigenvalue weighted by Gasteiger charge is -2.34. The molecular weight excluding hydrogens is 278 g/mol. The summed E-state index contributed by atoms with van der Waals surface area (Å²) in [5.41, 5.74) is 0.802. The number of piperazine rings is 1. The molecule has 1 aromatic heterocycles. The van der Waals surface area contributed by atoms with Gasteiger partial charge in [-0.05, 0) is 19.4 Å². The molecule has 22 heavy (non-hydrogen) atoms. The molecule has 0 radical (unpaired) electrons. The highest BCUT2D eigenvalue weighted by Crippen LogP contribution is 2.31.